The van der Waals surface area contributed by atoms with Crippen molar-refractivity contribution >= 4 is 0 Å². The molecule has 1 nitrogen and oxygen atoms in total. The highest BCUT2D eigenvalue weighted by Crippen LogP contribution is 2.17. The maximum atomic E-state index is 5.73. The van der Waals surface area contributed by atoms with E-state index in [0.717, 1.165) is 5.75 Å². The number of hydrogen-bond acceptors (Lipinski definition) is 1. The third-order valence-corrected chi connectivity index (χ3v) is 2.77. The highest BCUT2D eigenvalue weighted by molar-refractivity contribution is 5.26. The molecule has 0 bridgehead atoms. The van der Waals surface area contributed by atoms with E-state index < -0.39 is 0 Å². The lowest BCUT2D eigenvalue weighted by Crippen LogP contribution is -1.97. The summed E-state index contributed by atoms with van der Waals surface area (Å²) in [6.07, 6.45) is 0. The summed E-state index contributed by atoms with van der Waals surface area (Å²) in [7, 11) is 0. The summed E-state index contributed by atoms with van der Waals surface area (Å²) >= 11 is 0. The molecule has 0 N–H and O–H groups in total. The third-order valence-electron chi connectivity index (χ3n) is 2.77. The molecule has 88 valence electrons. The standard InChI is InChI=1S/C16H18O/c1-13(2)15-8-6-7-14(11-15)12-17-16-9-4-3-5-10-16/h3-11,13H,12H2,1-2H3. The minimum atomic E-state index is 0.562. The molecule has 0 amide bonds. The van der Waals surface area contributed by atoms with E-state index in [2.05, 4.69) is 38.1 Å². The topological polar surface area (TPSA) is 9.23 Å². The SMILES string of the molecule is CC(C)c1cccc(COc2ccccc2)c1. The molecule has 0 aliphatic rings. The number of rotatable bonds is 4. The zero-order valence-electron chi connectivity index (χ0n) is 10.4. The van der Waals surface area contributed by atoms with Gasteiger partial charge >= 0.3 is 0 Å². The molecule has 0 saturated heterocycles. The number of hydrogen-bond donors (Lipinski definition) is 0. The van der Waals surface area contributed by atoms with Crippen LogP contribution in [0.3, 0.4) is 0 Å². The summed E-state index contributed by atoms with van der Waals surface area (Å²) in [5.74, 6) is 1.48. The van der Waals surface area contributed by atoms with E-state index in [1.807, 2.05) is 30.3 Å². The molecule has 0 fully saturated rings. The molecule has 0 spiro atoms. The Labute approximate surface area is 103 Å². The van der Waals surface area contributed by atoms with Crippen molar-refractivity contribution in [2.24, 2.45) is 0 Å². The van der Waals surface area contributed by atoms with Gasteiger partial charge in [0.05, 0.1) is 0 Å². The molecule has 0 heterocycles. The molecule has 17 heavy (non-hydrogen) atoms. The monoisotopic (exact) mass is 226 g/mol. The van der Waals surface area contributed by atoms with Crippen LogP contribution in [0, 0.1) is 0 Å². The van der Waals surface area contributed by atoms with Crippen LogP contribution < -0.4 is 4.74 Å². The van der Waals surface area contributed by atoms with E-state index in [9.17, 15) is 0 Å². The Kier molecular flexibility index (Phi) is 3.81. The molecule has 1 heteroatoms. The van der Waals surface area contributed by atoms with E-state index >= 15 is 0 Å². The van der Waals surface area contributed by atoms with Crippen LogP contribution >= 0.6 is 0 Å². The smallest absolute Gasteiger partial charge is 0.119 e. The summed E-state index contributed by atoms with van der Waals surface area (Å²) in [4.78, 5) is 0. The van der Waals surface area contributed by atoms with Gasteiger partial charge in [-0.2, -0.15) is 0 Å². The Morgan fingerprint density at radius 2 is 1.71 bits per heavy atom. The van der Waals surface area contributed by atoms with Crippen LogP contribution in [0.15, 0.2) is 54.6 Å². The van der Waals surface area contributed by atoms with Gasteiger partial charge < -0.3 is 4.74 Å². The van der Waals surface area contributed by atoms with Crippen LogP contribution in [-0.4, -0.2) is 0 Å². The molecule has 0 saturated carbocycles. The molecule has 2 aromatic rings. The Balaban J connectivity index is 2.02. The van der Waals surface area contributed by atoms with Crippen LogP contribution in [-0.2, 0) is 6.61 Å². The average Bonchev–Trinajstić information content (AvgIpc) is 2.38. The molecular weight excluding hydrogens is 208 g/mol. The van der Waals surface area contributed by atoms with Gasteiger partial charge in [-0.25, -0.2) is 0 Å². The second-order valence-electron chi connectivity index (χ2n) is 4.50. The zero-order valence-corrected chi connectivity index (χ0v) is 10.4. The van der Waals surface area contributed by atoms with Crippen LogP contribution in [0.1, 0.15) is 30.9 Å². The Bertz CT molecular complexity index is 460. The fourth-order valence-corrected chi connectivity index (χ4v) is 1.73. The van der Waals surface area contributed by atoms with Crippen molar-refractivity contribution in [2.75, 3.05) is 0 Å². The van der Waals surface area contributed by atoms with Gasteiger partial charge in [-0.05, 0) is 29.2 Å². The lowest BCUT2D eigenvalue weighted by Gasteiger charge is -2.09. The molecular formula is C16H18O. The van der Waals surface area contributed by atoms with Crippen molar-refractivity contribution in [1.82, 2.24) is 0 Å². The maximum Gasteiger partial charge on any atom is 0.119 e. The van der Waals surface area contributed by atoms with Gasteiger partial charge in [0.2, 0.25) is 0 Å². The quantitative estimate of drug-likeness (QED) is 0.751. The Morgan fingerprint density at radius 3 is 2.41 bits per heavy atom. The lowest BCUT2D eigenvalue weighted by molar-refractivity contribution is 0.306. The van der Waals surface area contributed by atoms with Crippen molar-refractivity contribution in [2.45, 2.75) is 26.4 Å². The summed E-state index contributed by atoms with van der Waals surface area (Å²) < 4.78 is 5.73. The lowest BCUT2D eigenvalue weighted by atomic mass is 10.0. The largest absolute Gasteiger partial charge is 0.489 e. The van der Waals surface area contributed by atoms with Gasteiger partial charge in [-0.15, -0.1) is 0 Å². The van der Waals surface area contributed by atoms with Crippen molar-refractivity contribution in [3.05, 3.63) is 65.7 Å². The summed E-state index contributed by atoms with van der Waals surface area (Å²) in [6.45, 7) is 5.04. The fourth-order valence-electron chi connectivity index (χ4n) is 1.73. The predicted octanol–water partition coefficient (Wildman–Crippen LogP) is 4.39. The first-order chi connectivity index (χ1) is 8.25. The van der Waals surface area contributed by atoms with Crippen molar-refractivity contribution in [3.63, 3.8) is 0 Å². The number of benzene rings is 2. The highest BCUT2D eigenvalue weighted by Gasteiger charge is 2.00. The molecule has 0 atom stereocenters. The minimum Gasteiger partial charge on any atom is -0.489 e. The molecule has 0 unspecified atom stereocenters. The summed E-state index contributed by atoms with van der Waals surface area (Å²) in [5, 5.41) is 0. The molecule has 0 aliphatic heterocycles. The van der Waals surface area contributed by atoms with Gasteiger partial charge in [0, 0.05) is 0 Å². The first-order valence-corrected chi connectivity index (χ1v) is 6.02. The Hall–Kier alpha value is -1.76. The average molecular weight is 226 g/mol. The molecule has 0 aromatic heterocycles. The summed E-state index contributed by atoms with van der Waals surface area (Å²) in [6, 6.07) is 18.5. The molecule has 2 aromatic carbocycles. The summed E-state index contributed by atoms with van der Waals surface area (Å²) in [5.41, 5.74) is 2.58. The normalized spacial score (nSPS) is 10.5. The van der Waals surface area contributed by atoms with Gasteiger partial charge in [-0.3, -0.25) is 0 Å². The van der Waals surface area contributed by atoms with Crippen molar-refractivity contribution in [3.8, 4) is 5.75 Å². The van der Waals surface area contributed by atoms with E-state index in [0.29, 0.717) is 12.5 Å². The Morgan fingerprint density at radius 1 is 0.941 bits per heavy atom. The maximum absolute atomic E-state index is 5.73. The highest BCUT2D eigenvalue weighted by atomic mass is 16.5. The van der Waals surface area contributed by atoms with Crippen LogP contribution in [0.4, 0.5) is 0 Å². The van der Waals surface area contributed by atoms with E-state index in [-0.39, 0.29) is 0 Å². The second-order valence-corrected chi connectivity index (χ2v) is 4.50. The number of ether oxygens (including phenoxy) is 1. The van der Waals surface area contributed by atoms with E-state index in [4.69, 9.17) is 4.74 Å². The van der Waals surface area contributed by atoms with Crippen LogP contribution in [0.5, 0.6) is 5.75 Å². The minimum absolute atomic E-state index is 0.562. The van der Waals surface area contributed by atoms with Crippen LogP contribution in [0.2, 0.25) is 0 Å². The van der Waals surface area contributed by atoms with Gasteiger partial charge in [0.1, 0.15) is 12.4 Å². The van der Waals surface area contributed by atoms with Crippen LogP contribution in [0.25, 0.3) is 0 Å². The third kappa shape index (κ3) is 3.35. The first kappa shape index (κ1) is 11.7. The van der Waals surface area contributed by atoms with E-state index in [1.54, 1.807) is 0 Å². The van der Waals surface area contributed by atoms with Crippen molar-refractivity contribution < 1.29 is 4.74 Å². The van der Waals surface area contributed by atoms with Gasteiger partial charge in [0.15, 0.2) is 0 Å². The second kappa shape index (κ2) is 5.53. The van der Waals surface area contributed by atoms with Gasteiger partial charge in [0.25, 0.3) is 0 Å². The molecule has 2 rings (SSSR count). The molecule has 0 aliphatic carbocycles. The fraction of sp³-hybridized carbons (Fsp3) is 0.250. The van der Waals surface area contributed by atoms with Gasteiger partial charge in [-0.1, -0.05) is 56.3 Å². The zero-order chi connectivity index (χ0) is 12.1. The molecule has 0 radical (unpaired) electrons. The first-order valence-electron chi connectivity index (χ1n) is 6.02. The van der Waals surface area contributed by atoms with E-state index in [1.165, 1.54) is 11.1 Å². The predicted molar refractivity (Wildman–Crippen MR) is 71.3 cm³/mol. The number of para-hydroxylation sites is 1. The van der Waals surface area contributed by atoms with Crippen molar-refractivity contribution in [1.29, 1.82) is 0 Å².